The van der Waals surface area contributed by atoms with Gasteiger partial charge in [0.25, 0.3) is 5.91 Å². The van der Waals surface area contributed by atoms with Crippen molar-refractivity contribution in [1.29, 1.82) is 0 Å². The predicted octanol–water partition coefficient (Wildman–Crippen LogP) is 3.11. The molecule has 0 unspecified atom stereocenters. The molecule has 2 aromatic rings. The van der Waals surface area contributed by atoms with Gasteiger partial charge in [-0.3, -0.25) is 4.79 Å². The number of ether oxygens (including phenoxy) is 1. The van der Waals surface area contributed by atoms with E-state index in [1.807, 2.05) is 26.0 Å². The second-order valence-electron chi connectivity index (χ2n) is 5.08. The van der Waals surface area contributed by atoms with Gasteiger partial charge in [-0.15, -0.1) is 6.58 Å². The number of nitrogens with one attached hydrogen (secondary N) is 2. The first-order valence-electron chi connectivity index (χ1n) is 7.34. The second kappa shape index (κ2) is 7.93. The third-order valence-electron chi connectivity index (χ3n) is 2.78. The number of carbonyl (C=O) groups excluding carboxylic acids is 1. The number of amides is 1. The van der Waals surface area contributed by atoms with Crippen LogP contribution in [0.2, 0.25) is 0 Å². The predicted molar refractivity (Wildman–Crippen MR) is 90.9 cm³/mol. The summed E-state index contributed by atoms with van der Waals surface area (Å²) in [6.07, 6.45) is 3.34. The molecular formula is C17H20N4O2. The first-order valence-corrected chi connectivity index (χ1v) is 7.34. The number of rotatable bonds is 7. The Balaban J connectivity index is 2.02. The standard InChI is InChI=1S/C17H20N4O2/c1-4-10-18-17-19-11-9-15(21-17)16(22)20-13-5-7-14(8-6-13)23-12(2)3/h4-9,11-12H,1,10H2,2-3H3,(H,20,22)(H,18,19,21). The largest absolute Gasteiger partial charge is 0.491 e. The average molecular weight is 312 g/mol. The van der Waals surface area contributed by atoms with E-state index in [9.17, 15) is 4.79 Å². The van der Waals surface area contributed by atoms with Crippen LogP contribution < -0.4 is 15.4 Å². The fourth-order valence-corrected chi connectivity index (χ4v) is 1.82. The maximum atomic E-state index is 12.2. The summed E-state index contributed by atoms with van der Waals surface area (Å²) in [6.45, 7) is 8.06. The van der Waals surface area contributed by atoms with Gasteiger partial charge in [0.15, 0.2) is 0 Å². The van der Waals surface area contributed by atoms with Crippen LogP contribution in [0, 0.1) is 0 Å². The molecule has 1 aromatic heterocycles. The van der Waals surface area contributed by atoms with E-state index < -0.39 is 0 Å². The lowest BCUT2D eigenvalue weighted by molar-refractivity contribution is 0.102. The summed E-state index contributed by atoms with van der Waals surface area (Å²) < 4.78 is 5.56. The quantitative estimate of drug-likeness (QED) is 0.768. The number of hydrogen-bond donors (Lipinski definition) is 2. The molecule has 0 spiro atoms. The second-order valence-corrected chi connectivity index (χ2v) is 5.08. The average Bonchev–Trinajstić information content (AvgIpc) is 2.54. The van der Waals surface area contributed by atoms with Crippen LogP contribution in [0.5, 0.6) is 5.75 Å². The molecule has 0 aliphatic heterocycles. The number of nitrogens with zero attached hydrogens (tertiary/aromatic N) is 2. The molecule has 2 N–H and O–H groups in total. The molecule has 0 saturated carbocycles. The van der Waals surface area contributed by atoms with Gasteiger partial charge in [0.2, 0.25) is 5.95 Å². The molecule has 0 atom stereocenters. The minimum atomic E-state index is -0.299. The minimum absolute atomic E-state index is 0.109. The van der Waals surface area contributed by atoms with E-state index in [-0.39, 0.29) is 17.7 Å². The highest BCUT2D eigenvalue weighted by atomic mass is 16.5. The molecule has 6 heteroatoms. The first-order chi connectivity index (χ1) is 11.1. The normalized spacial score (nSPS) is 10.2. The number of anilines is 2. The third kappa shape index (κ3) is 5.10. The van der Waals surface area contributed by atoms with Crippen LogP contribution >= 0.6 is 0 Å². The van der Waals surface area contributed by atoms with Gasteiger partial charge >= 0.3 is 0 Å². The summed E-state index contributed by atoms with van der Waals surface area (Å²) in [4.78, 5) is 20.4. The van der Waals surface area contributed by atoms with Crippen molar-refractivity contribution in [2.45, 2.75) is 20.0 Å². The van der Waals surface area contributed by atoms with Crippen molar-refractivity contribution < 1.29 is 9.53 Å². The van der Waals surface area contributed by atoms with Crippen LogP contribution in [-0.2, 0) is 0 Å². The Morgan fingerprint density at radius 2 is 2.04 bits per heavy atom. The number of benzene rings is 1. The van der Waals surface area contributed by atoms with Gasteiger partial charge in [0.05, 0.1) is 6.10 Å². The SMILES string of the molecule is C=CCNc1nccc(C(=O)Nc2ccc(OC(C)C)cc2)n1. The molecule has 0 bridgehead atoms. The van der Waals surface area contributed by atoms with E-state index >= 15 is 0 Å². The molecule has 1 heterocycles. The molecule has 6 nitrogen and oxygen atoms in total. The topological polar surface area (TPSA) is 76.1 Å². The molecule has 0 aliphatic rings. The Morgan fingerprint density at radius 3 is 2.70 bits per heavy atom. The Hall–Kier alpha value is -2.89. The van der Waals surface area contributed by atoms with Crippen LogP contribution in [-0.4, -0.2) is 28.5 Å². The zero-order chi connectivity index (χ0) is 16.7. The van der Waals surface area contributed by atoms with Crippen LogP contribution in [0.4, 0.5) is 11.6 Å². The molecule has 1 aromatic carbocycles. The van der Waals surface area contributed by atoms with Crippen LogP contribution in [0.15, 0.2) is 49.2 Å². The van der Waals surface area contributed by atoms with E-state index in [4.69, 9.17) is 4.74 Å². The van der Waals surface area contributed by atoms with E-state index in [0.717, 1.165) is 5.75 Å². The molecular weight excluding hydrogens is 292 g/mol. The summed E-state index contributed by atoms with van der Waals surface area (Å²) in [5, 5.41) is 5.73. The Labute approximate surface area is 135 Å². The maximum Gasteiger partial charge on any atom is 0.274 e. The molecule has 0 radical (unpaired) electrons. The van der Waals surface area contributed by atoms with E-state index in [0.29, 0.717) is 18.2 Å². The molecule has 2 rings (SSSR count). The summed E-state index contributed by atoms with van der Waals surface area (Å²) in [5.74, 6) is 0.848. The van der Waals surface area contributed by atoms with Gasteiger partial charge in [0, 0.05) is 18.4 Å². The van der Waals surface area contributed by atoms with Crippen LogP contribution in [0.1, 0.15) is 24.3 Å². The first kappa shape index (κ1) is 16.5. The van der Waals surface area contributed by atoms with Gasteiger partial charge in [-0.05, 0) is 44.2 Å². The lowest BCUT2D eigenvalue weighted by Crippen LogP contribution is -2.15. The third-order valence-corrected chi connectivity index (χ3v) is 2.78. The fourth-order valence-electron chi connectivity index (χ4n) is 1.82. The lowest BCUT2D eigenvalue weighted by atomic mass is 10.3. The lowest BCUT2D eigenvalue weighted by Gasteiger charge is -2.10. The van der Waals surface area contributed by atoms with E-state index in [1.165, 1.54) is 6.20 Å². The smallest absolute Gasteiger partial charge is 0.274 e. The maximum absolute atomic E-state index is 12.2. The summed E-state index contributed by atoms with van der Waals surface area (Å²) in [7, 11) is 0. The Kier molecular flexibility index (Phi) is 5.68. The van der Waals surface area contributed by atoms with Gasteiger partial charge in [-0.2, -0.15) is 0 Å². The molecule has 0 saturated heterocycles. The summed E-state index contributed by atoms with van der Waals surface area (Å²) in [5.41, 5.74) is 0.958. The minimum Gasteiger partial charge on any atom is -0.491 e. The fraction of sp³-hybridized carbons (Fsp3) is 0.235. The van der Waals surface area contributed by atoms with Gasteiger partial charge in [-0.1, -0.05) is 6.08 Å². The molecule has 23 heavy (non-hydrogen) atoms. The van der Waals surface area contributed by atoms with E-state index in [2.05, 4.69) is 27.2 Å². The van der Waals surface area contributed by atoms with Crippen LogP contribution in [0.3, 0.4) is 0 Å². The van der Waals surface area contributed by atoms with Crippen molar-refractivity contribution in [3.05, 3.63) is 54.9 Å². The van der Waals surface area contributed by atoms with Crippen molar-refractivity contribution in [3.63, 3.8) is 0 Å². The Bertz CT molecular complexity index is 669. The van der Waals surface area contributed by atoms with E-state index in [1.54, 1.807) is 24.3 Å². The summed E-state index contributed by atoms with van der Waals surface area (Å²) in [6, 6.07) is 8.76. The van der Waals surface area contributed by atoms with Crippen molar-refractivity contribution >= 4 is 17.5 Å². The number of carbonyl (C=O) groups is 1. The van der Waals surface area contributed by atoms with Gasteiger partial charge < -0.3 is 15.4 Å². The monoisotopic (exact) mass is 312 g/mol. The summed E-state index contributed by atoms with van der Waals surface area (Å²) >= 11 is 0. The highest BCUT2D eigenvalue weighted by Crippen LogP contribution is 2.17. The number of aromatic nitrogens is 2. The van der Waals surface area contributed by atoms with Crippen molar-refractivity contribution in [1.82, 2.24) is 9.97 Å². The van der Waals surface area contributed by atoms with Crippen molar-refractivity contribution in [2.24, 2.45) is 0 Å². The highest BCUT2D eigenvalue weighted by Gasteiger charge is 2.09. The number of hydrogen-bond acceptors (Lipinski definition) is 5. The van der Waals surface area contributed by atoms with Crippen molar-refractivity contribution in [3.8, 4) is 5.75 Å². The van der Waals surface area contributed by atoms with Crippen LogP contribution in [0.25, 0.3) is 0 Å². The molecule has 0 aliphatic carbocycles. The highest BCUT2D eigenvalue weighted by molar-refractivity contribution is 6.02. The molecule has 1 amide bonds. The van der Waals surface area contributed by atoms with Gasteiger partial charge in [-0.25, -0.2) is 9.97 Å². The molecule has 0 fully saturated rings. The Morgan fingerprint density at radius 1 is 1.30 bits per heavy atom. The zero-order valence-electron chi connectivity index (χ0n) is 13.2. The van der Waals surface area contributed by atoms with Gasteiger partial charge in [0.1, 0.15) is 11.4 Å². The molecule has 120 valence electrons. The van der Waals surface area contributed by atoms with Crippen molar-refractivity contribution in [2.75, 3.05) is 17.2 Å². The zero-order valence-corrected chi connectivity index (χ0v) is 13.2.